The third-order valence-electron chi connectivity index (χ3n) is 2.04. The predicted molar refractivity (Wildman–Crippen MR) is 63.0 cm³/mol. The van der Waals surface area contributed by atoms with Gasteiger partial charge in [0.2, 0.25) is 5.91 Å². The largest absolute Gasteiger partial charge is 0.391 e. The van der Waals surface area contributed by atoms with Gasteiger partial charge in [-0.2, -0.15) is 0 Å². The molecule has 4 heteroatoms. The molecule has 0 aliphatic heterocycles. The van der Waals surface area contributed by atoms with Gasteiger partial charge in [0, 0.05) is 18.3 Å². The number of alkyl halides is 1. The van der Waals surface area contributed by atoms with E-state index in [0.29, 0.717) is 18.8 Å². The van der Waals surface area contributed by atoms with Crippen LogP contribution < -0.4 is 5.32 Å². The van der Waals surface area contributed by atoms with Crippen molar-refractivity contribution < 1.29 is 9.90 Å². The fourth-order valence-electron chi connectivity index (χ4n) is 1.24. The van der Waals surface area contributed by atoms with Crippen LogP contribution in [0.15, 0.2) is 0 Å². The van der Waals surface area contributed by atoms with Crippen LogP contribution in [0.2, 0.25) is 0 Å². The molecule has 2 N–H and O–H groups in total. The highest BCUT2D eigenvalue weighted by Gasteiger charge is 2.18. The first kappa shape index (κ1) is 14.7. The van der Waals surface area contributed by atoms with Crippen molar-refractivity contribution in [3.63, 3.8) is 0 Å². The molecule has 0 aromatic rings. The van der Waals surface area contributed by atoms with E-state index in [1.54, 1.807) is 6.92 Å². The fourth-order valence-corrected chi connectivity index (χ4v) is 1.38. The molecule has 0 bridgehead atoms. The van der Waals surface area contributed by atoms with E-state index in [2.05, 4.69) is 26.1 Å². The van der Waals surface area contributed by atoms with E-state index in [1.165, 1.54) is 0 Å². The second kappa shape index (κ2) is 6.33. The molecule has 0 saturated heterocycles. The van der Waals surface area contributed by atoms with Gasteiger partial charge in [-0.05, 0) is 11.8 Å². The molecule has 2 unspecified atom stereocenters. The lowest BCUT2D eigenvalue weighted by atomic mass is 9.89. The lowest BCUT2D eigenvalue weighted by Crippen LogP contribution is -2.37. The molecule has 0 fully saturated rings. The number of aliphatic hydroxyl groups is 1. The maximum absolute atomic E-state index is 11.3. The molecule has 0 aromatic carbocycles. The summed E-state index contributed by atoms with van der Waals surface area (Å²) >= 11 is 5.55. The van der Waals surface area contributed by atoms with Gasteiger partial charge in [-0.25, -0.2) is 0 Å². The molecule has 90 valence electrons. The number of halogens is 1. The third-order valence-corrected chi connectivity index (χ3v) is 2.50. The number of aliphatic hydroxyl groups excluding tert-OH is 1. The lowest BCUT2D eigenvalue weighted by Gasteiger charge is -2.22. The van der Waals surface area contributed by atoms with E-state index in [4.69, 9.17) is 11.6 Å². The minimum absolute atomic E-state index is 0.0717. The van der Waals surface area contributed by atoms with Crippen molar-refractivity contribution in [1.82, 2.24) is 5.32 Å². The van der Waals surface area contributed by atoms with Gasteiger partial charge in [0.25, 0.3) is 0 Å². The van der Waals surface area contributed by atoms with E-state index in [-0.39, 0.29) is 17.2 Å². The smallest absolute Gasteiger partial charge is 0.224 e. The molecule has 0 saturated carbocycles. The summed E-state index contributed by atoms with van der Waals surface area (Å²) in [5, 5.41) is 12.3. The van der Waals surface area contributed by atoms with Crippen LogP contribution in [-0.4, -0.2) is 29.5 Å². The highest BCUT2D eigenvalue weighted by Crippen LogP contribution is 2.20. The van der Waals surface area contributed by atoms with Crippen molar-refractivity contribution in [3.05, 3.63) is 0 Å². The zero-order chi connectivity index (χ0) is 12.1. The van der Waals surface area contributed by atoms with Crippen LogP contribution in [0, 0.1) is 11.3 Å². The molecule has 0 aromatic heterocycles. The Morgan fingerprint density at radius 2 is 2.00 bits per heavy atom. The van der Waals surface area contributed by atoms with E-state index < -0.39 is 6.10 Å². The van der Waals surface area contributed by atoms with Crippen molar-refractivity contribution in [1.29, 1.82) is 0 Å². The topological polar surface area (TPSA) is 49.3 Å². The van der Waals surface area contributed by atoms with Crippen molar-refractivity contribution in [3.8, 4) is 0 Å². The second-order valence-corrected chi connectivity index (χ2v) is 5.53. The SMILES string of the molecule is CC(CCl)C(=O)NCC(O)CC(C)(C)C. The van der Waals surface area contributed by atoms with Crippen LogP contribution in [-0.2, 0) is 4.79 Å². The number of hydrogen-bond acceptors (Lipinski definition) is 2. The van der Waals surface area contributed by atoms with Crippen molar-refractivity contribution in [2.75, 3.05) is 12.4 Å². The summed E-state index contributed by atoms with van der Waals surface area (Å²) in [5.74, 6) is 0.00717. The first-order chi connectivity index (χ1) is 6.76. The Kier molecular flexibility index (Phi) is 6.22. The average Bonchev–Trinajstić information content (AvgIpc) is 2.10. The summed E-state index contributed by atoms with van der Waals surface area (Å²) in [4.78, 5) is 11.3. The number of nitrogens with one attached hydrogen (secondary N) is 1. The highest BCUT2D eigenvalue weighted by molar-refractivity contribution is 6.19. The van der Waals surface area contributed by atoms with Crippen molar-refractivity contribution in [2.24, 2.45) is 11.3 Å². The summed E-state index contributed by atoms with van der Waals surface area (Å²) in [5.41, 5.74) is 0.0717. The van der Waals surface area contributed by atoms with Crippen molar-refractivity contribution in [2.45, 2.75) is 40.2 Å². The minimum Gasteiger partial charge on any atom is -0.391 e. The molecular formula is C11H22ClNO2. The first-order valence-electron chi connectivity index (χ1n) is 5.28. The van der Waals surface area contributed by atoms with Gasteiger partial charge in [0.05, 0.1) is 6.10 Å². The zero-order valence-electron chi connectivity index (χ0n) is 10.0. The quantitative estimate of drug-likeness (QED) is 0.714. The maximum atomic E-state index is 11.3. The van der Waals surface area contributed by atoms with E-state index in [1.807, 2.05) is 0 Å². The van der Waals surface area contributed by atoms with Crippen LogP contribution in [0.4, 0.5) is 0 Å². The molecule has 1 amide bonds. The summed E-state index contributed by atoms with van der Waals surface area (Å²) in [6.45, 7) is 8.23. The number of carbonyl (C=O) groups is 1. The minimum atomic E-state index is -0.489. The van der Waals surface area contributed by atoms with Gasteiger partial charge >= 0.3 is 0 Å². The molecule has 3 nitrogen and oxygen atoms in total. The molecule has 0 heterocycles. The number of amides is 1. The van der Waals surface area contributed by atoms with Crippen molar-refractivity contribution >= 4 is 17.5 Å². The normalized spacial score (nSPS) is 15.9. The van der Waals surface area contributed by atoms with Crippen LogP contribution in [0.1, 0.15) is 34.1 Å². The Morgan fingerprint density at radius 1 is 1.47 bits per heavy atom. The summed E-state index contributed by atoms with van der Waals surface area (Å²) < 4.78 is 0. The molecular weight excluding hydrogens is 214 g/mol. The van der Waals surface area contributed by atoms with Gasteiger partial charge in [0.1, 0.15) is 0 Å². The van der Waals surface area contributed by atoms with Gasteiger partial charge < -0.3 is 10.4 Å². The highest BCUT2D eigenvalue weighted by atomic mass is 35.5. The molecule has 0 radical (unpaired) electrons. The van der Waals surface area contributed by atoms with Crippen LogP contribution in [0.3, 0.4) is 0 Å². The van der Waals surface area contributed by atoms with Crippen LogP contribution in [0.25, 0.3) is 0 Å². The Balaban J connectivity index is 3.81. The van der Waals surface area contributed by atoms with Crippen LogP contribution in [0.5, 0.6) is 0 Å². The Bertz CT molecular complexity index is 201. The van der Waals surface area contributed by atoms with Gasteiger partial charge in [-0.3, -0.25) is 4.79 Å². The van der Waals surface area contributed by atoms with Crippen LogP contribution >= 0.6 is 11.6 Å². The first-order valence-corrected chi connectivity index (χ1v) is 5.81. The summed E-state index contributed by atoms with van der Waals surface area (Å²) in [6, 6.07) is 0. The summed E-state index contributed by atoms with van der Waals surface area (Å²) in [7, 11) is 0. The summed E-state index contributed by atoms with van der Waals surface area (Å²) in [6.07, 6.45) is 0.180. The molecule has 0 aliphatic carbocycles. The van der Waals surface area contributed by atoms with E-state index in [0.717, 1.165) is 0 Å². The fraction of sp³-hybridized carbons (Fsp3) is 0.909. The second-order valence-electron chi connectivity index (χ2n) is 5.22. The number of rotatable bonds is 5. The standard InChI is InChI=1S/C11H22ClNO2/c1-8(6-12)10(15)13-7-9(14)5-11(2,3)4/h8-9,14H,5-7H2,1-4H3,(H,13,15). The predicted octanol–water partition coefficient (Wildman–Crippen LogP) is 1.77. The van der Waals surface area contributed by atoms with E-state index in [9.17, 15) is 9.90 Å². The lowest BCUT2D eigenvalue weighted by molar-refractivity contribution is -0.124. The third kappa shape index (κ3) is 7.63. The Hall–Kier alpha value is -0.280. The number of carbonyl (C=O) groups excluding carboxylic acids is 1. The molecule has 15 heavy (non-hydrogen) atoms. The molecule has 2 atom stereocenters. The average molecular weight is 236 g/mol. The zero-order valence-corrected chi connectivity index (χ0v) is 10.8. The Morgan fingerprint density at radius 3 is 2.40 bits per heavy atom. The van der Waals surface area contributed by atoms with Gasteiger partial charge in [-0.15, -0.1) is 11.6 Å². The Labute approximate surface area is 97.2 Å². The van der Waals surface area contributed by atoms with E-state index >= 15 is 0 Å². The molecule has 0 aliphatic rings. The maximum Gasteiger partial charge on any atom is 0.224 e. The van der Waals surface area contributed by atoms with Gasteiger partial charge in [0.15, 0.2) is 0 Å². The van der Waals surface area contributed by atoms with Gasteiger partial charge in [-0.1, -0.05) is 27.7 Å². The number of hydrogen-bond donors (Lipinski definition) is 2. The molecule has 0 spiro atoms. The molecule has 0 rings (SSSR count). The monoisotopic (exact) mass is 235 g/mol.